The lowest BCUT2D eigenvalue weighted by Gasteiger charge is -2.35. The Balaban J connectivity index is 1.91. The van der Waals surface area contributed by atoms with Crippen molar-refractivity contribution in [1.82, 2.24) is 4.90 Å². The van der Waals surface area contributed by atoms with Crippen molar-refractivity contribution in [2.24, 2.45) is 5.73 Å². The molecule has 1 aromatic carbocycles. The highest BCUT2D eigenvalue weighted by molar-refractivity contribution is 5.68. The van der Waals surface area contributed by atoms with Crippen LogP contribution < -0.4 is 10.6 Å². The average molecular weight is 291 g/mol. The maximum atomic E-state index is 11.7. The van der Waals surface area contributed by atoms with Crippen molar-refractivity contribution in [2.75, 3.05) is 37.7 Å². The summed E-state index contributed by atoms with van der Waals surface area (Å²) >= 11 is 0. The number of hydrogen-bond acceptors (Lipinski definition) is 4. The van der Waals surface area contributed by atoms with E-state index >= 15 is 0 Å². The Kier molecular flexibility index (Phi) is 5.44. The Morgan fingerprint density at radius 1 is 1.19 bits per heavy atom. The second-order valence-electron chi connectivity index (χ2n) is 5.28. The van der Waals surface area contributed by atoms with Crippen molar-refractivity contribution in [2.45, 2.75) is 26.3 Å². The van der Waals surface area contributed by atoms with Crippen molar-refractivity contribution in [3.05, 3.63) is 29.8 Å². The molecule has 1 heterocycles. The Bertz CT molecular complexity index is 453. The first kappa shape index (κ1) is 15.6. The van der Waals surface area contributed by atoms with Gasteiger partial charge in [-0.05, 0) is 31.0 Å². The first-order chi connectivity index (χ1) is 10.2. The third-order valence-corrected chi connectivity index (χ3v) is 3.93. The highest BCUT2D eigenvalue weighted by Crippen LogP contribution is 2.21. The number of benzene rings is 1. The Hall–Kier alpha value is -1.75. The molecule has 1 aliphatic rings. The van der Waals surface area contributed by atoms with Crippen LogP contribution in [0.2, 0.25) is 0 Å². The first-order valence-electron chi connectivity index (χ1n) is 7.67. The number of nitrogens with zero attached hydrogens (tertiary/aromatic N) is 2. The zero-order valence-electron chi connectivity index (χ0n) is 12.9. The van der Waals surface area contributed by atoms with Crippen LogP contribution >= 0.6 is 0 Å². The number of carbonyl (C=O) groups is 1. The highest BCUT2D eigenvalue weighted by atomic mass is 16.6. The molecule has 1 amide bonds. The molecule has 21 heavy (non-hydrogen) atoms. The number of piperazine rings is 1. The second-order valence-corrected chi connectivity index (χ2v) is 5.28. The maximum Gasteiger partial charge on any atom is 0.409 e. The van der Waals surface area contributed by atoms with Crippen molar-refractivity contribution in [1.29, 1.82) is 0 Å². The van der Waals surface area contributed by atoms with E-state index in [1.165, 1.54) is 11.3 Å². The third-order valence-electron chi connectivity index (χ3n) is 3.93. The minimum atomic E-state index is -0.207. The van der Waals surface area contributed by atoms with E-state index in [1.54, 1.807) is 4.90 Å². The zero-order chi connectivity index (χ0) is 15.2. The van der Waals surface area contributed by atoms with E-state index in [-0.39, 0.29) is 12.1 Å². The van der Waals surface area contributed by atoms with Gasteiger partial charge in [0.05, 0.1) is 6.61 Å². The summed E-state index contributed by atoms with van der Waals surface area (Å²) in [6.45, 7) is 7.42. The van der Waals surface area contributed by atoms with Gasteiger partial charge in [-0.15, -0.1) is 0 Å². The van der Waals surface area contributed by atoms with Gasteiger partial charge < -0.3 is 20.3 Å². The van der Waals surface area contributed by atoms with E-state index in [1.807, 2.05) is 6.92 Å². The number of hydrogen-bond donors (Lipinski definition) is 1. The standard InChI is InChI=1S/C16H25N3O2/c1-3-15(17)13-5-7-14(8-6-13)18-9-11-19(12-10-18)16(20)21-4-2/h5-8,15H,3-4,9-12,17H2,1-2H3/t15-/m1/s1. The van der Waals surface area contributed by atoms with Gasteiger partial charge in [-0.3, -0.25) is 0 Å². The molecule has 2 rings (SSSR count). The molecular weight excluding hydrogens is 266 g/mol. The van der Waals surface area contributed by atoms with Gasteiger partial charge >= 0.3 is 6.09 Å². The zero-order valence-corrected chi connectivity index (χ0v) is 12.9. The van der Waals surface area contributed by atoms with Crippen molar-refractivity contribution >= 4 is 11.8 Å². The largest absolute Gasteiger partial charge is 0.450 e. The molecule has 1 aromatic rings. The van der Waals surface area contributed by atoms with Crippen molar-refractivity contribution < 1.29 is 9.53 Å². The van der Waals surface area contributed by atoms with Crippen LogP contribution in [0.15, 0.2) is 24.3 Å². The summed E-state index contributed by atoms with van der Waals surface area (Å²) in [5.41, 5.74) is 8.39. The van der Waals surface area contributed by atoms with Gasteiger partial charge in [0.1, 0.15) is 0 Å². The molecule has 5 heteroatoms. The summed E-state index contributed by atoms with van der Waals surface area (Å²) in [4.78, 5) is 15.7. The van der Waals surface area contributed by atoms with Crippen LogP contribution in [-0.2, 0) is 4.74 Å². The van der Waals surface area contributed by atoms with Crippen LogP contribution in [0.25, 0.3) is 0 Å². The lowest BCUT2D eigenvalue weighted by atomic mass is 10.0. The van der Waals surface area contributed by atoms with Gasteiger partial charge in [-0.25, -0.2) is 4.79 Å². The molecule has 116 valence electrons. The predicted molar refractivity (Wildman–Crippen MR) is 84.5 cm³/mol. The summed E-state index contributed by atoms with van der Waals surface area (Å²) in [5, 5.41) is 0. The highest BCUT2D eigenvalue weighted by Gasteiger charge is 2.22. The quantitative estimate of drug-likeness (QED) is 0.925. The van der Waals surface area contributed by atoms with E-state index in [0.717, 1.165) is 19.5 Å². The van der Waals surface area contributed by atoms with Crippen LogP contribution in [0.1, 0.15) is 31.9 Å². The monoisotopic (exact) mass is 291 g/mol. The third kappa shape index (κ3) is 3.88. The molecular formula is C16H25N3O2. The number of ether oxygens (including phenoxy) is 1. The minimum Gasteiger partial charge on any atom is -0.450 e. The maximum absolute atomic E-state index is 11.7. The summed E-state index contributed by atoms with van der Waals surface area (Å²) in [5.74, 6) is 0. The lowest BCUT2D eigenvalue weighted by Crippen LogP contribution is -2.49. The molecule has 5 nitrogen and oxygen atoms in total. The molecule has 0 bridgehead atoms. The number of nitrogens with two attached hydrogens (primary N) is 1. The fourth-order valence-electron chi connectivity index (χ4n) is 2.53. The van der Waals surface area contributed by atoms with E-state index in [2.05, 4.69) is 36.1 Å². The number of rotatable bonds is 4. The van der Waals surface area contributed by atoms with Crippen molar-refractivity contribution in [3.63, 3.8) is 0 Å². The summed E-state index contributed by atoms with van der Waals surface area (Å²) in [6, 6.07) is 8.54. The minimum absolute atomic E-state index is 0.111. The molecule has 1 saturated heterocycles. The Morgan fingerprint density at radius 3 is 2.33 bits per heavy atom. The predicted octanol–water partition coefficient (Wildman–Crippen LogP) is 2.37. The molecule has 0 spiro atoms. The second kappa shape index (κ2) is 7.31. The van der Waals surface area contributed by atoms with E-state index in [4.69, 9.17) is 10.5 Å². The molecule has 0 aromatic heterocycles. The number of carbonyl (C=O) groups excluding carboxylic acids is 1. The van der Waals surface area contributed by atoms with Gasteiger partial charge in [-0.2, -0.15) is 0 Å². The van der Waals surface area contributed by atoms with Gasteiger partial charge in [0, 0.05) is 37.9 Å². The van der Waals surface area contributed by atoms with Crippen LogP contribution in [0.5, 0.6) is 0 Å². The van der Waals surface area contributed by atoms with Crippen LogP contribution in [0.3, 0.4) is 0 Å². The molecule has 0 aliphatic carbocycles. The lowest BCUT2D eigenvalue weighted by molar-refractivity contribution is 0.105. The summed E-state index contributed by atoms with van der Waals surface area (Å²) < 4.78 is 5.03. The Morgan fingerprint density at radius 2 is 1.81 bits per heavy atom. The van der Waals surface area contributed by atoms with E-state index in [9.17, 15) is 4.79 Å². The SMILES string of the molecule is CCOC(=O)N1CCN(c2ccc([C@H](N)CC)cc2)CC1. The molecule has 1 atom stereocenters. The topological polar surface area (TPSA) is 58.8 Å². The molecule has 0 saturated carbocycles. The fourth-order valence-corrected chi connectivity index (χ4v) is 2.53. The van der Waals surface area contributed by atoms with Gasteiger partial charge in [0.15, 0.2) is 0 Å². The summed E-state index contributed by atoms with van der Waals surface area (Å²) in [7, 11) is 0. The van der Waals surface area contributed by atoms with Gasteiger partial charge in [0.2, 0.25) is 0 Å². The van der Waals surface area contributed by atoms with Crippen LogP contribution in [0.4, 0.5) is 10.5 Å². The molecule has 2 N–H and O–H groups in total. The Labute approximate surface area is 126 Å². The van der Waals surface area contributed by atoms with E-state index in [0.29, 0.717) is 19.7 Å². The van der Waals surface area contributed by atoms with Gasteiger partial charge in [0.25, 0.3) is 0 Å². The normalized spacial score (nSPS) is 16.7. The van der Waals surface area contributed by atoms with E-state index < -0.39 is 0 Å². The van der Waals surface area contributed by atoms with Crippen LogP contribution in [0, 0.1) is 0 Å². The fraction of sp³-hybridized carbons (Fsp3) is 0.562. The number of anilines is 1. The first-order valence-corrected chi connectivity index (χ1v) is 7.67. The molecule has 0 radical (unpaired) electrons. The average Bonchev–Trinajstić information content (AvgIpc) is 2.54. The molecule has 1 aliphatic heterocycles. The smallest absolute Gasteiger partial charge is 0.409 e. The molecule has 0 unspecified atom stereocenters. The van der Waals surface area contributed by atoms with Crippen molar-refractivity contribution in [3.8, 4) is 0 Å². The summed E-state index contributed by atoms with van der Waals surface area (Å²) in [6.07, 6.45) is 0.735. The molecule has 1 fully saturated rings. The van der Waals surface area contributed by atoms with Gasteiger partial charge in [-0.1, -0.05) is 19.1 Å². The van der Waals surface area contributed by atoms with Crippen LogP contribution in [-0.4, -0.2) is 43.8 Å². The number of amides is 1.